The minimum atomic E-state index is -0.287. The zero-order valence-corrected chi connectivity index (χ0v) is 15.1. The third-order valence-corrected chi connectivity index (χ3v) is 4.26. The van der Waals surface area contributed by atoms with Gasteiger partial charge in [-0.05, 0) is 26.8 Å². The van der Waals surface area contributed by atoms with Crippen molar-refractivity contribution in [2.45, 2.75) is 33.4 Å². The quantitative estimate of drug-likeness (QED) is 0.898. The van der Waals surface area contributed by atoms with E-state index in [0.717, 1.165) is 22.9 Å². The Bertz CT molecular complexity index is 772. The van der Waals surface area contributed by atoms with Crippen LogP contribution in [0.1, 0.15) is 28.9 Å². The number of aryl methyl sites for hydroxylation is 3. The molecule has 0 aliphatic carbocycles. The second kappa shape index (κ2) is 7.18. The molecule has 0 aromatic carbocycles. The SMILES string of the molecule is CNc1cc(C)nc(C2COCCN2C(=O)Cn2nc(C)cc2C)n1. The molecule has 0 saturated carbocycles. The maximum atomic E-state index is 12.9. The molecule has 0 bridgehead atoms. The maximum absolute atomic E-state index is 12.9. The van der Waals surface area contributed by atoms with Crippen LogP contribution in [-0.4, -0.2) is 57.4 Å². The van der Waals surface area contributed by atoms with E-state index < -0.39 is 0 Å². The Balaban J connectivity index is 1.84. The largest absolute Gasteiger partial charge is 0.377 e. The van der Waals surface area contributed by atoms with Gasteiger partial charge in [0.1, 0.15) is 18.4 Å². The van der Waals surface area contributed by atoms with Gasteiger partial charge < -0.3 is 15.0 Å². The van der Waals surface area contributed by atoms with Gasteiger partial charge >= 0.3 is 0 Å². The van der Waals surface area contributed by atoms with E-state index in [0.29, 0.717) is 25.6 Å². The first-order valence-electron chi connectivity index (χ1n) is 8.39. The Kier molecular flexibility index (Phi) is 4.98. The standard InChI is InChI=1S/C17H24N6O2/c1-11-8-15(18-4)20-17(19-11)14-10-25-6-5-22(14)16(24)9-23-13(3)7-12(2)21-23/h7-8,14H,5-6,9-10H2,1-4H3,(H,18,19,20). The van der Waals surface area contributed by atoms with Crippen molar-refractivity contribution in [3.05, 3.63) is 35.0 Å². The molecule has 3 rings (SSSR count). The van der Waals surface area contributed by atoms with Crippen molar-refractivity contribution in [3.63, 3.8) is 0 Å². The normalized spacial score (nSPS) is 17.6. The maximum Gasteiger partial charge on any atom is 0.245 e. The highest BCUT2D eigenvalue weighted by atomic mass is 16.5. The summed E-state index contributed by atoms with van der Waals surface area (Å²) < 4.78 is 7.33. The first-order chi connectivity index (χ1) is 12.0. The van der Waals surface area contributed by atoms with Crippen LogP contribution >= 0.6 is 0 Å². The van der Waals surface area contributed by atoms with Crippen LogP contribution in [0.15, 0.2) is 12.1 Å². The predicted octanol–water partition coefficient (Wildman–Crippen LogP) is 1.24. The summed E-state index contributed by atoms with van der Waals surface area (Å²) in [6, 6.07) is 3.55. The predicted molar refractivity (Wildman–Crippen MR) is 93.3 cm³/mol. The highest BCUT2D eigenvalue weighted by Gasteiger charge is 2.31. The second-order valence-electron chi connectivity index (χ2n) is 6.27. The summed E-state index contributed by atoms with van der Waals surface area (Å²) in [6.07, 6.45) is 0. The minimum Gasteiger partial charge on any atom is -0.377 e. The van der Waals surface area contributed by atoms with Crippen LogP contribution in [0.25, 0.3) is 0 Å². The molecule has 1 aliphatic heterocycles. The molecule has 1 aliphatic rings. The summed E-state index contributed by atoms with van der Waals surface area (Å²) >= 11 is 0. The van der Waals surface area contributed by atoms with Crippen molar-refractivity contribution in [2.75, 3.05) is 32.1 Å². The molecule has 2 aromatic rings. The molecule has 1 saturated heterocycles. The smallest absolute Gasteiger partial charge is 0.245 e. The monoisotopic (exact) mass is 344 g/mol. The van der Waals surface area contributed by atoms with Crippen LogP contribution in [0.2, 0.25) is 0 Å². The lowest BCUT2D eigenvalue weighted by atomic mass is 10.2. The summed E-state index contributed by atoms with van der Waals surface area (Å²) in [5.41, 5.74) is 2.73. The zero-order chi connectivity index (χ0) is 18.0. The van der Waals surface area contributed by atoms with Gasteiger partial charge in [0.2, 0.25) is 5.91 Å². The summed E-state index contributed by atoms with van der Waals surface area (Å²) in [7, 11) is 1.81. The lowest BCUT2D eigenvalue weighted by Crippen LogP contribution is -2.45. The summed E-state index contributed by atoms with van der Waals surface area (Å²) in [6.45, 7) is 7.44. The average molecular weight is 344 g/mol. The number of hydrogen-bond donors (Lipinski definition) is 1. The third kappa shape index (κ3) is 3.79. The van der Waals surface area contributed by atoms with E-state index >= 15 is 0 Å². The number of carbonyl (C=O) groups is 1. The van der Waals surface area contributed by atoms with Crippen LogP contribution in [0, 0.1) is 20.8 Å². The van der Waals surface area contributed by atoms with Gasteiger partial charge in [-0.1, -0.05) is 0 Å². The third-order valence-electron chi connectivity index (χ3n) is 4.26. The lowest BCUT2D eigenvalue weighted by Gasteiger charge is -2.34. The number of aromatic nitrogens is 4. The van der Waals surface area contributed by atoms with Gasteiger partial charge in [-0.3, -0.25) is 9.48 Å². The summed E-state index contributed by atoms with van der Waals surface area (Å²) in [5.74, 6) is 1.33. The van der Waals surface area contributed by atoms with Crippen molar-refractivity contribution in [1.82, 2.24) is 24.6 Å². The van der Waals surface area contributed by atoms with Crippen molar-refractivity contribution in [1.29, 1.82) is 0 Å². The first-order valence-corrected chi connectivity index (χ1v) is 8.39. The molecule has 25 heavy (non-hydrogen) atoms. The number of ether oxygens (including phenoxy) is 1. The van der Waals surface area contributed by atoms with Crippen LogP contribution in [0.3, 0.4) is 0 Å². The minimum absolute atomic E-state index is 0.00406. The van der Waals surface area contributed by atoms with Gasteiger partial charge in [-0.25, -0.2) is 9.97 Å². The molecule has 1 amide bonds. The van der Waals surface area contributed by atoms with E-state index in [4.69, 9.17) is 4.74 Å². The molecule has 1 N–H and O–H groups in total. The average Bonchev–Trinajstić information content (AvgIpc) is 2.91. The molecular weight excluding hydrogens is 320 g/mol. The van der Waals surface area contributed by atoms with Gasteiger partial charge in [0.25, 0.3) is 0 Å². The number of rotatable bonds is 4. The number of anilines is 1. The Morgan fingerprint density at radius 1 is 1.28 bits per heavy atom. The van der Waals surface area contributed by atoms with Crippen molar-refractivity contribution in [2.24, 2.45) is 0 Å². The van der Waals surface area contributed by atoms with Crippen molar-refractivity contribution < 1.29 is 9.53 Å². The van der Waals surface area contributed by atoms with E-state index in [1.165, 1.54) is 0 Å². The molecule has 3 heterocycles. The van der Waals surface area contributed by atoms with E-state index in [1.54, 1.807) is 9.58 Å². The molecule has 0 radical (unpaired) electrons. The van der Waals surface area contributed by atoms with Gasteiger partial charge in [-0.2, -0.15) is 5.10 Å². The fraction of sp³-hybridized carbons (Fsp3) is 0.529. The number of carbonyl (C=O) groups excluding carboxylic acids is 1. The molecule has 8 heteroatoms. The Morgan fingerprint density at radius 3 is 2.76 bits per heavy atom. The van der Waals surface area contributed by atoms with Crippen LogP contribution in [-0.2, 0) is 16.1 Å². The zero-order valence-electron chi connectivity index (χ0n) is 15.1. The fourth-order valence-corrected chi connectivity index (χ4v) is 3.04. The number of amides is 1. The van der Waals surface area contributed by atoms with Crippen LogP contribution in [0.5, 0.6) is 0 Å². The van der Waals surface area contributed by atoms with E-state index in [9.17, 15) is 4.79 Å². The van der Waals surface area contributed by atoms with Gasteiger partial charge in [0, 0.05) is 31.0 Å². The highest BCUT2D eigenvalue weighted by molar-refractivity contribution is 5.76. The lowest BCUT2D eigenvalue weighted by molar-refractivity contribution is -0.141. The fourth-order valence-electron chi connectivity index (χ4n) is 3.04. The van der Waals surface area contributed by atoms with Gasteiger partial charge in [0.15, 0.2) is 5.82 Å². The molecule has 1 fully saturated rings. The highest BCUT2D eigenvalue weighted by Crippen LogP contribution is 2.23. The van der Waals surface area contributed by atoms with E-state index in [-0.39, 0.29) is 18.5 Å². The molecule has 134 valence electrons. The second-order valence-corrected chi connectivity index (χ2v) is 6.27. The molecule has 1 unspecified atom stereocenters. The van der Waals surface area contributed by atoms with Gasteiger partial charge in [-0.15, -0.1) is 0 Å². The summed E-state index contributed by atoms with van der Waals surface area (Å²) in [4.78, 5) is 23.7. The van der Waals surface area contributed by atoms with Gasteiger partial charge in [0.05, 0.1) is 18.9 Å². The summed E-state index contributed by atoms with van der Waals surface area (Å²) in [5, 5.41) is 7.41. The Labute approximate surface area is 147 Å². The molecule has 2 aromatic heterocycles. The number of nitrogens with one attached hydrogen (secondary N) is 1. The first kappa shape index (κ1) is 17.3. The topological polar surface area (TPSA) is 85.2 Å². The van der Waals surface area contributed by atoms with Crippen LogP contribution < -0.4 is 5.32 Å². The van der Waals surface area contributed by atoms with E-state index in [1.807, 2.05) is 40.0 Å². The van der Waals surface area contributed by atoms with Crippen molar-refractivity contribution >= 4 is 11.7 Å². The molecule has 1 atom stereocenters. The number of nitrogens with zero attached hydrogens (tertiary/aromatic N) is 5. The molecular formula is C17H24N6O2. The Hall–Kier alpha value is -2.48. The van der Waals surface area contributed by atoms with E-state index in [2.05, 4.69) is 20.4 Å². The Morgan fingerprint density at radius 2 is 2.08 bits per heavy atom. The van der Waals surface area contributed by atoms with Crippen LogP contribution in [0.4, 0.5) is 5.82 Å². The molecule has 8 nitrogen and oxygen atoms in total. The number of hydrogen-bond acceptors (Lipinski definition) is 6. The number of morpholine rings is 1. The molecule has 0 spiro atoms. The van der Waals surface area contributed by atoms with Crippen molar-refractivity contribution in [3.8, 4) is 0 Å².